The van der Waals surface area contributed by atoms with Gasteiger partial charge < -0.3 is 10.4 Å². The van der Waals surface area contributed by atoms with E-state index in [9.17, 15) is 19.2 Å². The van der Waals surface area contributed by atoms with Crippen molar-refractivity contribution in [1.29, 1.82) is 0 Å². The van der Waals surface area contributed by atoms with Gasteiger partial charge in [0.2, 0.25) is 5.91 Å². The lowest BCUT2D eigenvalue weighted by molar-refractivity contribution is -0.137. The molecule has 1 aliphatic carbocycles. The molecule has 1 fully saturated rings. The molecule has 0 radical (unpaired) electrons. The van der Waals surface area contributed by atoms with E-state index in [0.29, 0.717) is 18.0 Å². The van der Waals surface area contributed by atoms with Gasteiger partial charge in [-0.15, -0.1) is 0 Å². The number of aliphatic carboxylic acids is 1. The Morgan fingerprint density at radius 2 is 1.74 bits per heavy atom. The van der Waals surface area contributed by atoms with Crippen molar-refractivity contribution < 1.29 is 24.3 Å². The van der Waals surface area contributed by atoms with Crippen molar-refractivity contribution >= 4 is 29.4 Å². The molecule has 27 heavy (non-hydrogen) atoms. The molecule has 7 nitrogen and oxygen atoms in total. The van der Waals surface area contributed by atoms with Gasteiger partial charge in [0.1, 0.15) is 0 Å². The molecule has 3 amide bonds. The van der Waals surface area contributed by atoms with Crippen LogP contribution in [0, 0.1) is 5.92 Å². The Kier molecular flexibility index (Phi) is 5.88. The predicted octanol–water partition coefficient (Wildman–Crippen LogP) is 3.06. The molecule has 1 aromatic rings. The molecule has 1 saturated carbocycles. The first-order chi connectivity index (χ1) is 13.0. The lowest BCUT2D eigenvalue weighted by Crippen LogP contribution is -2.31. The fourth-order valence-electron chi connectivity index (χ4n) is 3.81. The number of carbonyl (C=O) groups is 4. The summed E-state index contributed by atoms with van der Waals surface area (Å²) in [7, 11) is 0. The summed E-state index contributed by atoms with van der Waals surface area (Å²) in [6.07, 6.45) is 7.17. The number of carbonyl (C=O) groups excluding carboxylic acids is 3. The Balaban J connectivity index is 1.60. The van der Waals surface area contributed by atoms with Crippen molar-refractivity contribution in [3.63, 3.8) is 0 Å². The first kappa shape index (κ1) is 19.1. The second kappa shape index (κ2) is 8.33. The highest BCUT2D eigenvalue weighted by atomic mass is 16.4. The standard InChI is InChI=1S/C20H24N2O5/c23-17(9-6-13-4-2-1-3-5-13)21-14-7-8-15-16(12-14)20(27)22(19(15)26)11-10-18(24)25/h7-8,12-13H,1-6,9-11H2,(H,21,23)(H,24,25). The third kappa shape index (κ3) is 4.53. The first-order valence-electron chi connectivity index (χ1n) is 9.47. The van der Waals surface area contributed by atoms with Crippen LogP contribution in [-0.2, 0) is 9.59 Å². The van der Waals surface area contributed by atoms with Gasteiger partial charge >= 0.3 is 5.97 Å². The van der Waals surface area contributed by atoms with Crippen LogP contribution in [0.15, 0.2) is 18.2 Å². The van der Waals surface area contributed by atoms with Gasteiger partial charge in [-0.05, 0) is 30.5 Å². The number of anilines is 1. The van der Waals surface area contributed by atoms with Gasteiger partial charge in [-0.3, -0.25) is 24.1 Å². The number of hydrogen-bond acceptors (Lipinski definition) is 4. The lowest BCUT2D eigenvalue weighted by atomic mass is 9.86. The van der Waals surface area contributed by atoms with Crippen LogP contribution in [0.4, 0.5) is 5.69 Å². The Morgan fingerprint density at radius 3 is 2.44 bits per heavy atom. The van der Waals surface area contributed by atoms with Crippen LogP contribution >= 0.6 is 0 Å². The maximum Gasteiger partial charge on any atom is 0.305 e. The van der Waals surface area contributed by atoms with Gasteiger partial charge in [0.05, 0.1) is 17.5 Å². The first-order valence-corrected chi connectivity index (χ1v) is 9.47. The SMILES string of the molecule is O=C(O)CCN1C(=O)c2ccc(NC(=O)CCC3CCCCC3)cc2C1=O. The minimum Gasteiger partial charge on any atom is -0.481 e. The van der Waals surface area contributed by atoms with Crippen LogP contribution in [0.1, 0.15) is 72.1 Å². The summed E-state index contributed by atoms with van der Waals surface area (Å²) in [6.45, 7) is -0.162. The Hall–Kier alpha value is -2.70. The number of fused-ring (bicyclic) bond motifs is 1. The lowest BCUT2D eigenvalue weighted by Gasteiger charge is -2.21. The Labute approximate surface area is 157 Å². The van der Waals surface area contributed by atoms with Crippen molar-refractivity contribution in [2.45, 2.75) is 51.4 Å². The summed E-state index contributed by atoms with van der Waals surface area (Å²) in [6, 6.07) is 4.60. The van der Waals surface area contributed by atoms with Gasteiger partial charge in [0, 0.05) is 18.7 Å². The fourth-order valence-corrected chi connectivity index (χ4v) is 3.81. The number of rotatable bonds is 7. The molecule has 2 aliphatic rings. The van der Waals surface area contributed by atoms with E-state index in [1.54, 1.807) is 6.07 Å². The number of nitrogens with one attached hydrogen (secondary N) is 1. The maximum atomic E-state index is 12.4. The smallest absolute Gasteiger partial charge is 0.305 e. The molecule has 0 bridgehead atoms. The Bertz CT molecular complexity index is 768. The van der Waals surface area contributed by atoms with E-state index in [1.807, 2.05) is 0 Å². The highest BCUT2D eigenvalue weighted by molar-refractivity contribution is 6.22. The molecular weight excluding hydrogens is 348 g/mol. The fraction of sp³-hybridized carbons (Fsp3) is 0.500. The van der Waals surface area contributed by atoms with Crippen LogP contribution in [0.25, 0.3) is 0 Å². The maximum absolute atomic E-state index is 12.4. The van der Waals surface area contributed by atoms with Crippen molar-refractivity contribution in [3.05, 3.63) is 29.3 Å². The summed E-state index contributed by atoms with van der Waals surface area (Å²) < 4.78 is 0. The van der Waals surface area contributed by atoms with Gasteiger partial charge in [-0.2, -0.15) is 0 Å². The van der Waals surface area contributed by atoms with Crippen molar-refractivity contribution in [2.75, 3.05) is 11.9 Å². The van der Waals surface area contributed by atoms with Crippen molar-refractivity contribution in [1.82, 2.24) is 4.90 Å². The molecular formula is C20H24N2O5. The minimum absolute atomic E-state index is 0.0972. The number of imide groups is 1. The highest BCUT2D eigenvalue weighted by Gasteiger charge is 2.35. The molecule has 144 valence electrons. The summed E-state index contributed by atoms with van der Waals surface area (Å²) in [5, 5.41) is 11.6. The molecule has 1 heterocycles. The number of amides is 3. The molecule has 7 heteroatoms. The number of hydrogen-bond donors (Lipinski definition) is 2. The van der Waals surface area contributed by atoms with Gasteiger partial charge in [-0.1, -0.05) is 32.1 Å². The quantitative estimate of drug-likeness (QED) is 0.716. The summed E-state index contributed by atoms with van der Waals surface area (Å²) in [4.78, 5) is 48.5. The highest BCUT2D eigenvalue weighted by Crippen LogP contribution is 2.28. The van der Waals surface area contributed by atoms with E-state index in [1.165, 1.54) is 44.2 Å². The minimum atomic E-state index is -1.07. The number of carboxylic acids is 1. The van der Waals surface area contributed by atoms with Crippen LogP contribution in [-0.4, -0.2) is 40.2 Å². The molecule has 1 aromatic carbocycles. The molecule has 2 N–H and O–H groups in total. The van der Waals surface area contributed by atoms with E-state index in [2.05, 4.69) is 5.32 Å². The second-order valence-electron chi connectivity index (χ2n) is 7.26. The van der Waals surface area contributed by atoms with E-state index >= 15 is 0 Å². The van der Waals surface area contributed by atoms with Gasteiger partial charge in [0.25, 0.3) is 11.8 Å². The second-order valence-corrected chi connectivity index (χ2v) is 7.26. The number of benzene rings is 1. The molecule has 0 aromatic heterocycles. The largest absolute Gasteiger partial charge is 0.481 e. The number of nitrogens with zero attached hydrogens (tertiary/aromatic N) is 1. The topological polar surface area (TPSA) is 104 Å². The van der Waals surface area contributed by atoms with Crippen LogP contribution in [0.2, 0.25) is 0 Å². The van der Waals surface area contributed by atoms with Crippen LogP contribution < -0.4 is 5.32 Å². The third-order valence-electron chi connectivity index (χ3n) is 5.31. The Morgan fingerprint density at radius 1 is 1.04 bits per heavy atom. The van der Waals surface area contributed by atoms with E-state index in [4.69, 9.17) is 5.11 Å². The molecule has 0 saturated heterocycles. The van der Waals surface area contributed by atoms with Crippen molar-refractivity contribution in [2.24, 2.45) is 5.92 Å². The molecule has 1 aliphatic heterocycles. The normalized spacial score (nSPS) is 17.1. The molecule has 0 atom stereocenters. The van der Waals surface area contributed by atoms with E-state index < -0.39 is 17.8 Å². The zero-order valence-corrected chi connectivity index (χ0v) is 15.2. The average Bonchev–Trinajstić information content (AvgIpc) is 2.89. The predicted molar refractivity (Wildman–Crippen MR) is 98.5 cm³/mol. The number of carboxylic acid groups (broad SMARTS) is 1. The molecule has 0 spiro atoms. The zero-order valence-electron chi connectivity index (χ0n) is 15.2. The monoisotopic (exact) mass is 372 g/mol. The molecule has 0 unspecified atom stereocenters. The van der Waals surface area contributed by atoms with Crippen LogP contribution in [0.3, 0.4) is 0 Å². The van der Waals surface area contributed by atoms with Gasteiger partial charge in [0.15, 0.2) is 0 Å². The van der Waals surface area contributed by atoms with Gasteiger partial charge in [-0.25, -0.2) is 0 Å². The summed E-state index contributed by atoms with van der Waals surface area (Å²) in [5.41, 5.74) is 0.921. The summed E-state index contributed by atoms with van der Waals surface area (Å²) >= 11 is 0. The van der Waals surface area contributed by atoms with E-state index in [-0.39, 0.29) is 30.0 Å². The average molecular weight is 372 g/mol. The van der Waals surface area contributed by atoms with E-state index in [0.717, 1.165) is 11.3 Å². The van der Waals surface area contributed by atoms with Crippen molar-refractivity contribution in [3.8, 4) is 0 Å². The zero-order chi connectivity index (χ0) is 19.4. The summed E-state index contributed by atoms with van der Waals surface area (Å²) in [5.74, 6) is -1.56. The molecule has 3 rings (SSSR count). The van der Waals surface area contributed by atoms with Crippen LogP contribution in [0.5, 0.6) is 0 Å². The third-order valence-corrected chi connectivity index (χ3v) is 5.31.